The number of rotatable bonds is 10. The van der Waals surface area contributed by atoms with Crippen LogP contribution in [0.4, 0.5) is 11.4 Å². The Bertz CT molecular complexity index is 1910. The number of nitro benzene ring substituents is 1. The highest BCUT2D eigenvalue weighted by Crippen LogP contribution is 2.51. The van der Waals surface area contributed by atoms with Gasteiger partial charge >= 0.3 is 0 Å². The first-order valence-corrected chi connectivity index (χ1v) is 15.9. The first-order chi connectivity index (χ1) is 23.4. The van der Waals surface area contributed by atoms with Gasteiger partial charge in [-0.05, 0) is 90.1 Å². The predicted molar refractivity (Wildman–Crippen MR) is 179 cm³/mol. The second-order valence-corrected chi connectivity index (χ2v) is 12.2. The minimum Gasteiger partial charge on any atom is -0.508 e. The van der Waals surface area contributed by atoms with Crippen LogP contribution in [-0.4, -0.2) is 46.1 Å². The molecule has 3 aromatic carbocycles. The summed E-state index contributed by atoms with van der Waals surface area (Å²) in [5, 5.41) is 21.3. The number of pyridine rings is 1. The van der Waals surface area contributed by atoms with Crippen LogP contribution in [0.15, 0.2) is 114 Å². The number of phenolic OH excluding ortho intramolecular Hbond substituents is 1. The molecule has 1 aliphatic carbocycles. The Kier molecular flexibility index (Phi) is 8.56. The molecule has 242 valence electrons. The molecule has 2 saturated heterocycles. The van der Waals surface area contributed by atoms with E-state index in [2.05, 4.69) is 11.1 Å². The molecule has 0 spiro atoms. The van der Waals surface area contributed by atoms with Crippen molar-refractivity contribution in [2.24, 2.45) is 17.8 Å². The summed E-state index contributed by atoms with van der Waals surface area (Å²) in [5.74, 6) is -1.43. The van der Waals surface area contributed by atoms with Crippen LogP contribution in [0.5, 0.6) is 11.5 Å². The van der Waals surface area contributed by atoms with Crippen LogP contribution in [0.2, 0.25) is 0 Å². The van der Waals surface area contributed by atoms with Gasteiger partial charge in [0.25, 0.3) is 5.69 Å². The van der Waals surface area contributed by atoms with Gasteiger partial charge in [0.05, 0.1) is 40.9 Å². The van der Waals surface area contributed by atoms with Crippen molar-refractivity contribution in [3.05, 3.63) is 136 Å². The molecule has 10 heteroatoms. The number of nitrogens with zero attached hydrogens (tertiary/aromatic N) is 3. The molecule has 0 bridgehead atoms. The fraction of sp³-hybridized carbons (Fsp3) is 0.237. The molecule has 0 radical (unpaired) electrons. The number of hydrogen-bond acceptors (Lipinski definition) is 8. The molecular weight excluding hydrogens is 610 g/mol. The van der Waals surface area contributed by atoms with Gasteiger partial charge in [-0.25, -0.2) is 4.90 Å². The minimum absolute atomic E-state index is 0.188. The van der Waals surface area contributed by atoms with Crippen molar-refractivity contribution in [2.45, 2.75) is 25.4 Å². The number of non-ortho nitro benzene ring substituents is 1. The highest BCUT2D eigenvalue weighted by Gasteiger charge is 2.57. The number of aromatic nitrogens is 1. The van der Waals surface area contributed by atoms with Gasteiger partial charge in [0, 0.05) is 24.2 Å². The maximum Gasteiger partial charge on any atom is 0.271 e. The standard InChI is InChI=1S/C38H33N3O7/c42-29-15-12-24(13-16-29)19-25(33-11-4-5-18-39-33)14-17-34-35-26(22-47-30-9-2-1-3-10-30)20-31-36(32(35)23-48-34)38(44)40(37(31)43)27-7-6-8-28(21-27)41(45)46/h1-13,15-16,18-19,21,31-32,34,36,42H,14,17,20,22-23H2/b25-19-/t31-,32+,34-,36-/m1/s1. The SMILES string of the molecule is O=C1[C@@H]2[C@@H](CC(COc3ccccc3)=C3[C@@H](CC/C(=C/c4ccc(O)cc4)c4ccccn4)OC[C@@H]32)C(=O)N1c1cccc([N+](=O)[O-])c1. The lowest BCUT2D eigenvalue weighted by Crippen LogP contribution is -2.35. The third-order valence-electron chi connectivity index (χ3n) is 9.37. The van der Waals surface area contributed by atoms with E-state index in [1.807, 2.05) is 60.7 Å². The highest BCUT2D eigenvalue weighted by molar-refractivity contribution is 6.22. The molecule has 1 N–H and O–H groups in total. The Morgan fingerprint density at radius 2 is 1.77 bits per heavy atom. The fourth-order valence-electron chi connectivity index (χ4n) is 7.18. The van der Waals surface area contributed by atoms with Crippen LogP contribution in [0.3, 0.4) is 0 Å². The van der Waals surface area contributed by atoms with E-state index in [4.69, 9.17) is 9.47 Å². The van der Waals surface area contributed by atoms with Crippen LogP contribution in [0.1, 0.15) is 30.5 Å². The Balaban J connectivity index is 1.20. The van der Waals surface area contributed by atoms with Crippen LogP contribution >= 0.6 is 0 Å². The van der Waals surface area contributed by atoms with E-state index in [1.54, 1.807) is 24.4 Å². The molecule has 3 aliphatic rings. The van der Waals surface area contributed by atoms with Crippen molar-refractivity contribution in [3.63, 3.8) is 0 Å². The minimum atomic E-state index is -0.639. The van der Waals surface area contributed by atoms with Crippen molar-refractivity contribution in [3.8, 4) is 11.5 Å². The largest absolute Gasteiger partial charge is 0.508 e. The average molecular weight is 644 g/mol. The number of imide groups is 1. The summed E-state index contributed by atoms with van der Waals surface area (Å²) >= 11 is 0. The van der Waals surface area contributed by atoms with Gasteiger partial charge in [0.1, 0.15) is 18.1 Å². The molecule has 4 aromatic rings. The highest BCUT2D eigenvalue weighted by atomic mass is 16.6. The van der Waals surface area contributed by atoms with Crippen LogP contribution in [-0.2, 0) is 14.3 Å². The second kappa shape index (κ2) is 13.2. The summed E-state index contributed by atoms with van der Waals surface area (Å²) in [6.07, 6.45) is 5.04. The number of carbonyl (C=O) groups excluding carboxylic acids is 2. The lowest BCUT2D eigenvalue weighted by Gasteiger charge is -2.31. The molecule has 4 atom stereocenters. The maximum atomic E-state index is 14.0. The number of para-hydroxylation sites is 1. The summed E-state index contributed by atoms with van der Waals surface area (Å²) in [6, 6.07) is 27.8. The lowest BCUT2D eigenvalue weighted by molar-refractivity contribution is -0.384. The third-order valence-corrected chi connectivity index (χ3v) is 9.37. The Morgan fingerprint density at radius 3 is 2.52 bits per heavy atom. The summed E-state index contributed by atoms with van der Waals surface area (Å²) in [5.41, 5.74) is 4.70. The third kappa shape index (κ3) is 6.10. The van der Waals surface area contributed by atoms with E-state index < -0.39 is 16.8 Å². The number of amides is 2. The van der Waals surface area contributed by atoms with Crippen molar-refractivity contribution in [2.75, 3.05) is 18.1 Å². The van der Waals surface area contributed by atoms with Crippen LogP contribution < -0.4 is 9.64 Å². The monoisotopic (exact) mass is 643 g/mol. The fourth-order valence-corrected chi connectivity index (χ4v) is 7.18. The smallest absolute Gasteiger partial charge is 0.271 e. The van der Waals surface area contributed by atoms with Gasteiger partial charge in [-0.3, -0.25) is 24.7 Å². The number of phenols is 1. The zero-order valence-corrected chi connectivity index (χ0v) is 26.0. The van der Waals surface area contributed by atoms with E-state index in [0.717, 1.165) is 32.9 Å². The first kappa shape index (κ1) is 31.0. The van der Waals surface area contributed by atoms with E-state index in [0.29, 0.717) is 25.0 Å². The molecule has 2 aliphatic heterocycles. The molecule has 10 nitrogen and oxygen atoms in total. The zero-order chi connectivity index (χ0) is 33.2. The lowest BCUT2D eigenvalue weighted by atomic mass is 9.69. The number of carbonyl (C=O) groups is 2. The van der Waals surface area contributed by atoms with E-state index in [-0.39, 0.29) is 54.2 Å². The zero-order valence-electron chi connectivity index (χ0n) is 26.0. The van der Waals surface area contributed by atoms with Crippen molar-refractivity contribution >= 4 is 34.8 Å². The Labute approximate surface area is 277 Å². The van der Waals surface area contributed by atoms with Crippen LogP contribution in [0, 0.1) is 27.9 Å². The van der Waals surface area contributed by atoms with Gasteiger partial charge < -0.3 is 14.6 Å². The van der Waals surface area contributed by atoms with Crippen LogP contribution in [0.25, 0.3) is 11.6 Å². The van der Waals surface area contributed by atoms with Gasteiger partial charge in [-0.2, -0.15) is 0 Å². The molecule has 0 unspecified atom stereocenters. The van der Waals surface area contributed by atoms with E-state index in [1.165, 1.54) is 18.2 Å². The first-order valence-electron chi connectivity index (χ1n) is 15.9. The number of ether oxygens (including phenoxy) is 2. The quantitative estimate of drug-likeness (QED) is 0.0883. The number of aromatic hydroxyl groups is 1. The molecule has 2 amide bonds. The number of benzene rings is 3. The van der Waals surface area contributed by atoms with E-state index >= 15 is 0 Å². The summed E-state index contributed by atoms with van der Waals surface area (Å²) in [7, 11) is 0. The van der Waals surface area contributed by atoms with Gasteiger partial charge in [-0.15, -0.1) is 0 Å². The molecule has 7 rings (SSSR count). The molecule has 1 aromatic heterocycles. The predicted octanol–water partition coefficient (Wildman–Crippen LogP) is 6.62. The molecule has 3 heterocycles. The number of fused-ring (bicyclic) bond motifs is 3. The molecule has 0 saturated carbocycles. The van der Waals surface area contributed by atoms with Gasteiger partial charge in [-0.1, -0.05) is 42.5 Å². The summed E-state index contributed by atoms with van der Waals surface area (Å²) < 4.78 is 12.7. The normalized spacial score (nSPS) is 22.1. The van der Waals surface area contributed by atoms with Crippen molar-refractivity contribution in [1.29, 1.82) is 0 Å². The van der Waals surface area contributed by atoms with Gasteiger partial charge in [0.2, 0.25) is 11.8 Å². The Morgan fingerprint density at radius 1 is 0.979 bits per heavy atom. The second-order valence-electron chi connectivity index (χ2n) is 12.2. The molecular formula is C38H33N3O7. The Hall–Kier alpha value is -5.61. The number of anilines is 1. The van der Waals surface area contributed by atoms with Crippen molar-refractivity contribution < 1.29 is 29.1 Å². The number of nitro groups is 1. The maximum absolute atomic E-state index is 14.0. The number of hydrogen-bond donors (Lipinski definition) is 1. The van der Waals surface area contributed by atoms with E-state index in [9.17, 15) is 24.8 Å². The summed E-state index contributed by atoms with van der Waals surface area (Å²) in [4.78, 5) is 44.6. The molecule has 2 fully saturated rings. The topological polar surface area (TPSA) is 132 Å². The average Bonchev–Trinajstić information content (AvgIpc) is 3.65. The van der Waals surface area contributed by atoms with Crippen molar-refractivity contribution in [1.82, 2.24) is 4.98 Å². The van der Waals surface area contributed by atoms with Gasteiger partial charge in [0.15, 0.2) is 0 Å². The molecule has 48 heavy (non-hydrogen) atoms. The summed E-state index contributed by atoms with van der Waals surface area (Å²) in [6.45, 7) is 0.520. The number of allylic oxidation sites excluding steroid dienone is 1.